The number of methoxy groups -OCH3 is 1. The fourth-order valence-electron chi connectivity index (χ4n) is 9.40. The standard InChI is InChI=1S/C51H61ClN4O12/c1-29-15-13-20-41(57)51(63)27-40(66-48(61)53-51)30(2)46-50(4,68-46)42(26-44(59)56(7)38-24-32(23-29)25-39(64-8)45(38)52)67-47(60)31(3)55(6)43(58)21-14-22-54(5)49(62)65-28-37-35-18-11-9-16-33(35)34-17-10-12-19-36(34)37/h9-13,15-20,24-25,30-31,37,40-42,46,57,63H,14,21-23,26-28H2,1-8H3,(H,53,61)/b20-13+,29-15+/t30-,31+,40+,41-,42+,46?,50+,51+/m1/s1. The molecule has 17 heteroatoms. The van der Waals surface area contributed by atoms with Gasteiger partial charge >= 0.3 is 18.2 Å². The molecule has 7 rings (SSSR count). The van der Waals surface area contributed by atoms with Crippen molar-refractivity contribution in [2.45, 2.75) is 108 Å². The summed E-state index contributed by atoms with van der Waals surface area (Å²) in [5, 5.41) is 25.2. The summed E-state index contributed by atoms with van der Waals surface area (Å²) in [5.41, 5.74) is 2.99. The predicted octanol–water partition coefficient (Wildman–Crippen LogP) is 6.52. The number of halogens is 1. The molecule has 0 saturated carbocycles. The van der Waals surface area contributed by atoms with Crippen molar-refractivity contribution in [3.05, 3.63) is 106 Å². The van der Waals surface area contributed by atoms with Crippen molar-refractivity contribution >= 4 is 47.3 Å². The van der Waals surface area contributed by atoms with Crippen LogP contribution >= 0.6 is 11.6 Å². The summed E-state index contributed by atoms with van der Waals surface area (Å²) < 4.78 is 29.4. The fraction of sp³-hybridized carbons (Fsp3) is 0.471. The van der Waals surface area contributed by atoms with Gasteiger partial charge in [-0.1, -0.05) is 90.9 Å². The Morgan fingerprint density at radius 1 is 1.06 bits per heavy atom. The largest absolute Gasteiger partial charge is 0.495 e. The Bertz CT molecular complexity index is 2450. The van der Waals surface area contributed by atoms with Crippen molar-refractivity contribution in [1.29, 1.82) is 0 Å². The first-order valence-corrected chi connectivity index (χ1v) is 23.2. The molecule has 1 unspecified atom stereocenters. The number of hydrogen-bond acceptors (Lipinski definition) is 12. The summed E-state index contributed by atoms with van der Waals surface area (Å²) in [6.07, 6.45) is -1.14. The topological polar surface area (TPSA) is 197 Å². The second-order valence-electron chi connectivity index (χ2n) is 18.5. The van der Waals surface area contributed by atoms with Crippen LogP contribution in [0.5, 0.6) is 5.75 Å². The van der Waals surface area contributed by atoms with Gasteiger partial charge in [0.25, 0.3) is 0 Å². The highest BCUT2D eigenvalue weighted by Crippen LogP contribution is 2.49. The first kappa shape index (κ1) is 50.0. The van der Waals surface area contributed by atoms with E-state index in [1.807, 2.05) is 43.3 Å². The molecule has 8 atom stereocenters. The molecule has 0 aromatic heterocycles. The lowest BCUT2D eigenvalue weighted by atomic mass is 9.83. The third-order valence-corrected chi connectivity index (χ3v) is 14.2. The van der Waals surface area contributed by atoms with E-state index in [0.29, 0.717) is 17.9 Å². The van der Waals surface area contributed by atoms with Crippen LogP contribution in [-0.2, 0) is 39.8 Å². The van der Waals surface area contributed by atoms with Gasteiger partial charge in [0.15, 0.2) is 5.72 Å². The number of likely N-dealkylation sites (N-methyl/N-ethyl adjacent to an activating group) is 1. The summed E-state index contributed by atoms with van der Waals surface area (Å²) in [6, 6.07) is 18.5. The number of fused-ring (bicyclic) bond motifs is 8. The number of epoxide rings is 1. The third-order valence-electron chi connectivity index (χ3n) is 13.8. The van der Waals surface area contributed by atoms with Crippen LogP contribution in [0.3, 0.4) is 0 Å². The van der Waals surface area contributed by atoms with Crippen molar-refractivity contribution in [2.75, 3.05) is 46.3 Å². The van der Waals surface area contributed by atoms with E-state index in [-0.39, 0.29) is 55.7 Å². The van der Waals surface area contributed by atoms with Crippen molar-refractivity contribution in [1.82, 2.24) is 15.1 Å². The van der Waals surface area contributed by atoms with E-state index in [4.69, 9.17) is 35.3 Å². The van der Waals surface area contributed by atoms with Gasteiger partial charge in [0.05, 0.1) is 25.3 Å². The minimum Gasteiger partial charge on any atom is -0.495 e. The van der Waals surface area contributed by atoms with E-state index >= 15 is 0 Å². The fourth-order valence-corrected chi connectivity index (χ4v) is 9.71. The number of anilines is 1. The molecule has 3 aromatic rings. The van der Waals surface area contributed by atoms with Crippen LogP contribution < -0.4 is 15.0 Å². The van der Waals surface area contributed by atoms with E-state index < -0.39 is 71.8 Å². The average Bonchev–Trinajstić information content (AvgIpc) is 3.91. The monoisotopic (exact) mass is 956 g/mol. The van der Waals surface area contributed by atoms with Crippen LogP contribution in [0.15, 0.2) is 84.5 Å². The molecular weight excluding hydrogens is 896 g/mol. The van der Waals surface area contributed by atoms with Crippen LogP contribution in [-0.4, -0.2) is 133 Å². The molecule has 1 aliphatic carbocycles. The molecule has 68 heavy (non-hydrogen) atoms. The number of benzene rings is 3. The van der Waals surface area contributed by atoms with Crippen molar-refractivity contribution in [3.63, 3.8) is 0 Å². The maximum absolute atomic E-state index is 14.3. The number of allylic oxidation sites excluding steroid dienone is 3. The van der Waals surface area contributed by atoms with Gasteiger partial charge in [-0.05, 0) is 73.6 Å². The van der Waals surface area contributed by atoms with E-state index in [1.165, 1.54) is 41.9 Å². The molecule has 4 bridgehead atoms. The van der Waals surface area contributed by atoms with E-state index in [0.717, 1.165) is 33.4 Å². The SMILES string of the molecule is COc1cc2cc(c1Cl)N(C)C(=O)C[C@H](OC(=O)[C@H](C)N(C)C(=O)CCCN(C)C(=O)OCC1c3ccccc3-c3ccccc31)[C@]1(C)OC1[C@H](C)[C@@H]1C[C@@](O)(NC(=O)O1)[C@H](O)/C=C/C=C(\C)C2. The second kappa shape index (κ2) is 20.3. The van der Waals surface area contributed by atoms with Crippen LogP contribution in [0.4, 0.5) is 15.3 Å². The zero-order valence-corrected chi connectivity index (χ0v) is 40.4. The van der Waals surface area contributed by atoms with Gasteiger partial charge in [0.2, 0.25) is 11.8 Å². The maximum Gasteiger partial charge on any atom is 0.409 e. The van der Waals surface area contributed by atoms with Crippen molar-refractivity contribution in [3.8, 4) is 16.9 Å². The molecule has 16 nitrogen and oxygen atoms in total. The lowest BCUT2D eigenvalue weighted by molar-refractivity contribution is -0.162. The molecule has 3 N–H and O–H groups in total. The molecule has 3 heterocycles. The smallest absolute Gasteiger partial charge is 0.409 e. The zero-order valence-electron chi connectivity index (χ0n) is 39.7. The highest BCUT2D eigenvalue weighted by molar-refractivity contribution is 6.35. The Morgan fingerprint density at radius 2 is 1.72 bits per heavy atom. The minimum atomic E-state index is -2.09. The first-order chi connectivity index (χ1) is 32.3. The maximum atomic E-state index is 14.3. The highest BCUT2D eigenvalue weighted by atomic mass is 35.5. The van der Waals surface area contributed by atoms with Crippen LogP contribution in [0.1, 0.15) is 76.0 Å². The lowest BCUT2D eigenvalue weighted by Gasteiger charge is -2.41. The number of rotatable bonds is 10. The summed E-state index contributed by atoms with van der Waals surface area (Å²) in [7, 11) is 6.09. The Morgan fingerprint density at radius 3 is 2.38 bits per heavy atom. The third kappa shape index (κ3) is 10.4. The molecule has 3 aliphatic heterocycles. The summed E-state index contributed by atoms with van der Waals surface area (Å²) in [6.45, 7) is 7.17. The van der Waals surface area contributed by atoms with E-state index in [9.17, 15) is 34.2 Å². The second-order valence-corrected chi connectivity index (χ2v) is 18.9. The number of hydrogen-bond donors (Lipinski definition) is 3. The number of aliphatic hydroxyl groups excluding tert-OH is 1. The Labute approximate surface area is 401 Å². The Hall–Kier alpha value is -5.94. The van der Waals surface area contributed by atoms with Gasteiger partial charge in [0.1, 0.15) is 47.3 Å². The number of alkyl carbamates (subject to hydrolysis) is 1. The minimum absolute atomic E-state index is 0.00659. The van der Waals surface area contributed by atoms with Gasteiger partial charge in [-0.25, -0.2) is 14.4 Å². The number of aliphatic hydroxyl groups is 2. The number of amides is 4. The van der Waals surface area contributed by atoms with Crippen molar-refractivity contribution < 1.29 is 57.9 Å². The van der Waals surface area contributed by atoms with E-state index in [1.54, 1.807) is 52.2 Å². The van der Waals surface area contributed by atoms with Crippen LogP contribution in [0, 0.1) is 5.92 Å². The van der Waals surface area contributed by atoms with Crippen molar-refractivity contribution in [2.24, 2.45) is 5.92 Å². The summed E-state index contributed by atoms with van der Waals surface area (Å²) in [5.74, 6) is -2.06. The zero-order chi connectivity index (χ0) is 49.2. The van der Waals surface area contributed by atoms with Gasteiger partial charge < -0.3 is 48.6 Å². The molecule has 2 saturated heterocycles. The normalized spacial score (nSPS) is 27.4. The molecule has 364 valence electrons. The van der Waals surface area contributed by atoms with Gasteiger partial charge in [-0.15, -0.1) is 0 Å². The number of carbonyl (C=O) groups excluding carboxylic acids is 5. The molecular formula is C51H61ClN4O12. The molecule has 0 radical (unpaired) electrons. The number of ether oxygens (including phenoxy) is 5. The predicted molar refractivity (Wildman–Crippen MR) is 253 cm³/mol. The number of carbonyl (C=O) groups is 5. The van der Waals surface area contributed by atoms with Gasteiger partial charge in [-0.3, -0.25) is 14.9 Å². The number of nitrogens with one attached hydrogen (secondary N) is 1. The highest BCUT2D eigenvalue weighted by Gasteiger charge is 2.64. The quantitative estimate of drug-likeness (QED) is 0.113. The number of esters is 1. The summed E-state index contributed by atoms with van der Waals surface area (Å²) >= 11 is 6.79. The molecule has 4 amide bonds. The first-order valence-electron chi connectivity index (χ1n) is 22.8. The molecule has 3 aromatic carbocycles. The van der Waals surface area contributed by atoms with Crippen LogP contribution in [0.2, 0.25) is 5.02 Å². The average molecular weight is 958 g/mol. The number of nitrogens with zero attached hydrogens (tertiary/aromatic N) is 3. The van der Waals surface area contributed by atoms with Gasteiger partial charge in [0, 0.05) is 52.4 Å². The molecule has 4 aliphatic rings. The van der Waals surface area contributed by atoms with Crippen LogP contribution in [0.25, 0.3) is 11.1 Å². The molecule has 2 fully saturated rings. The van der Waals surface area contributed by atoms with E-state index in [2.05, 4.69) is 17.4 Å². The molecule has 0 spiro atoms. The van der Waals surface area contributed by atoms with Gasteiger partial charge in [-0.2, -0.15) is 0 Å². The Kier molecular flexibility index (Phi) is 14.9. The Balaban J connectivity index is 1.03. The lowest BCUT2D eigenvalue weighted by Crippen LogP contribution is -2.63. The summed E-state index contributed by atoms with van der Waals surface area (Å²) in [4.78, 5) is 71.8.